The van der Waals surface area contributed by atoms with E-state index < -0.39 is 17.0 Å². The number of hydrazine groups is 1. The Kier molecular flexibility index (Phi) is 5.01. The molecule has 0 atom stereocenters. The van der Waals surface area contributed by atoms with E-state index in [1.54, 1.807) is 0 Å². The van der Waals surface area contributed by atoms with E-state index in [-0.39, 0.29) is 5.75 Å². The van der Waals surface area contributed by atoms with Gasteiger partial charge in [-0.3, -0.25) is 5.84 Å². The van der Waals surface area contributed by atoms with E-state index in [9.17, 15) is 8.78 Å². The minimum atomic E-state index is -0.570. The van der Waals surface area contributed by atoms with Gasteiger partial charge in [0, 0.05) is 18.0 Å². The Bertz CT molecular complexity index is 411. The van der Waals surface area contributed by atoms with Crippen LogP contribution < -0.4 is 21.3 Å². The normalized spacial score (nSPS) is 11.7. The van der Waals surface area contributed by atoms with Gasteiger partial charge in [-0.25, -0.2) is 14.2 Å². The highest BCUT2D eigenvalue weighted by Crippen LogP contribution is 2.30. The zero-order chi connectivity index (χ0) is 13.8. The van der Waals surface area contributed by atoms with Crippen LogP contribution in [-0.2, 0) is 5.41 Å². The summed E-state index contributed by atoms with van der Waals surface area (Å²) in [6.07, 6.45) is 0. The summed E-state index contributed by atoms with van der Waals surface area (Å²) in [5.41, 5.74) is 2.17. The molecule has 0 unspecified atom stereocenters. The molecule has 0 saturated heterocycles. The molecule has 0 aliphatic carbocycles. The second-order valence-electron chi connectivity index (χ2n) is 4.66. The van der Waals surface area contributed by atoms with Crippen LogP contribution in [0.1, 0.15) is 19.4 Å². The minimum absolute atomic E-state index is 0.0939. The highest BCUT2D eigenvalue weighted by molar-refractivity contribution is 5.35. The molecule has 102 valence electrons. The maximum Gasteiger partial charge on any atom is 0.165 e. The summed E-state index contributed by atoms with van der Waals surface area (Å²) in [6.45, 7) is 4.49. The molecule has 1 aromatic rings. The van der Waals surface area contributed by atoms with Crippen LogP contribution in [0.15, 0.2) is 12.1 Å². The van der Waals surface area contributed by atoms with E-state index in [0.29, 0.717) is 18.8 Å². The lowest BCUT2D eigenvalue weighted by Gasteiger charge is -2.26. The predicted molar refractivity (Wildman–Crippen MR) is 66.1 cm³/mol. The van der Waals surface area contributed by atoms with Gasteiger partial charge in [0.15, 0.2) is 11.6 Å². The number of rotatable bonds is 6. The van der Waals surface area contributed by atoms with E-state index in [4.69, 9.17) is 10.6 Å². The highest BCUT2D eigenvalue weighted by Gasteiger charge is 2.25. The van der Waals surface area contributed by atoms with Gasteiger partial charge in [0.1, 0.15) is 5.82 Å². The van der Waals surface area contributed by atoms with Crippen molar-refractivity contribution in [2.75, 3.05) is 20.3 Å². The number of ether oxygens (including phenoxy) is 1. The van der Waals surface area contributed by atoms with Gasteiger partial charge in [-0.05, 0) is 11.6 Å². The van der Waals surface area contributed by atoms with Crippen LogP contribution >= 0.6 is 0 Å². The van der Waals surface area contributed by atoms with Gasteiger partial charge in [0.05, 0.1) is 13.8 Å². The molecule has 6 heteroatoms. The van der Waals surface area contributed by atoms with Gasteiger partial charge in [-0.1, -0.05) is 13.8 Å². The van der Waals surface area contributed by atoms with Crippen molar-refractivity contribution in [2.45, 2.75) is 19.3 Å². The fraction of sp³-hybridized carbons (Fsp3) is 0.500. The van der Waals surface area contributed by atoms with Crippen molar-refractivity contribution < 1.29 is 13.5 Å². The van der Waals surface area contributed by atoms with Crippen LogP contribution in [0.2, 0.25) is 0 Å². The molecule has 1 aromatic carbocycles. The highest BCUT2D eigenvalue weighted by atomic mass is 19.1. The number of nitrogens with one attached hydrogen (secondary N) is 2. The summed E-state index contributed by atoms with van der Waals surface area (Å²) in [7, 11) is 1.30. The van der Waals surface area contributed by atoms with E-state index >= 15 is 0 Å². The molecule has 18 heavy (non-hydrogen) atoms. The predicted octanol–water partition coefficient (Wildman–Crippen LogP) is 1.26. The molecular formula is C12H19F2N3O. The lowest BCUT2D eigenvalue weighted by atomic mass is 9.84. The molecule has 0 spiro atoms. The molecule has 0 aliphatic heterocycles. The average Bonchev–Trinajstić information content (AvgIpc) is 2.31. The van der Waals surface area contributed by atoms with E-state index in [1.807, 2.05) is 13.8 Å². The number of hydrogen-bond donors (Lipinski definition) is 3. The smallest absolute Gasteiger partial charge is 0.165 e. The van der Waals surface area contributed by atoms with Crippen molar-refractivity contribution in [2.24, 2.45) is 5.84 Å². The number of hydrogen-bond acceptors (Lipinski definition) is 4. The lowest BCUT2D eigenvalue weighted by Crippen LogP contribution is -2.40. The summed E-state index contributed by atoms with van der Waals surface area (Å²) >= 11 is 0. The van der Waals surface area contributed by atoms with Gasteiger partial charge >= 0.3 is 0 Å². The Morgan fingerprint density at radius 1 is 1.28 bits per heavy atom. The molecule has 0 bridgehead atoms. The first kappa shape index (κ1) is 14.8. The molecule has 0 heterocycles. The molecule has 4 nitrogen and oxygen atoms in total. The molecule has 0 saturated carbocycles. The first-order chi connectivity index (χ1) is 8.42. The topological polar surface area (TPSA) is 59.3 Å². The largest absolute Gasteiger partial charge is 0.494 e. The number of nitrogens with two attached hydrogens (primary N) is 1. The summed E-state index contributed by atoms with van der Waals surface area (Å²) in [4.78, 5) is 0. The maximum atomic E-state index is 13.9. The van der Waals surface area contributed by atoms with Crippen LogP contribution in [0.25, 0.3) is 0 Å². The van der Waals surface area contributed by atoms with E-state index in [1.165, 1.54) is 13.2 Å². The Balaban J connectivity index is 2.97. The van der Waals surface area contributed by atoms with Crippen molar-refractivity contribution in [3.63, 3.8) is 0 Å². The molecule has 0 amide bonds. The van der Waals surface area contributed by atoms with Crippen molar-refractivity contribution in [3.8, 4) is 5.75 Å². The lowest BCUT2D eigenvalue weighted by molar-refractivity contribution is 0.375. The second kappa shape index (κ2) is 6.08. The molecule has 0 aliphatic rings. The van der Waals surface area contributed by atoms with Gasteiger partial charge < -0.3 is 10.1 Å². The zero-order valence-corrected chi connectivity index (χ0v) is 10.8. The molecule has 0 aromatic heterocycles. The van der Waals surface area contributed by atoms with E-state index in [0.717, 1.165) is 6.07 Å². The Morgan fingerprint density at radius 3 is 2.50 bits per heavy atom. The standard InChI is InChI=1S/C12H19F2N3O/c1-12(2,6-16-7-17-15)8-4-10(14)11(18-3)5-9(8)13/h4-5,16-17H,6-7,15H2,1-3H3. The Morgan fingerprint density at radius 2 is 1.94 bits per heavy atom. The number of methoxy groups -OCH3 is 1. The molecular weight excluding hydrogens is 240 g/mol. The number of benzene rings is 1. The molecule has 1 rings (SSSR count). The molecule has 0 radical (unpaired) electrons. The third-order valence-corrected chi connectivity index (χ3v) is 2.76. The van der Waals surface area contributed by atoms with Crippen LogP contribution in [0.3, 0.4) is 0 Å². The van der Waals surface area contributed by atoms with Gasteiger partial charge in [0.25, 0.3) is 0 Å². The summed E-state index contributed by atoms with van der Waals surface area (Å²) < 4.78 is 32.2. The second-order valence-corrected chi connectivity index (χ2v) is 4.66. The van der Waals surface area contributed by atoms with Crippen molar-refractivity contribution >= 4 is 0 Å². The van der Waals surface area contributed by atoms with Crippen LogP contribution in [-0.4, -0.2) is 20.3 Å². The Hall–Kier alpha value is -1.24. The fourth-order valence-electron chi connectivity index (χ4n) is 1.75. The first-order valence-corrected chi connectivity index (χ1v) is 5.60. The monoisotopic (exact) mass is 259 g/mol. The number of halogens is 2. The van der Waals surface area contributed by atoms with Crippen molar-refractivity contribution in [1.82, 2.24) is 10.7 Å². The van der Waals surface area contributed by atoms with Gasteiger partial charge in [0.2, 0.25) is 0 Å². The fourth-order valence-corrected chi connectivity index (χ4v) is 1.75. The van der Waals surface area contributed by atoms with Crippen LogP contribution in [0.5, 0.6) is 5.75 Å². The summed E-state index contributed by atoms with van der Waals surface area (Å²) in [5.74, 6) is 3.98. The summed E-state index contributed by atoms with van der Waals surface area (Å²) in [5, 5.41) is 2.99. The quantitative estimate of drug-likeness (QED) is 0.311. The van der Waals surface area contributed by atoms with Gasteiger partial charge in [-0.2, -0.15) is 0 Å². The van der Waals surface area contributed by atoms with Gasteiger partial charge in [-0.15, -0.1) is 0 Å². The zero-order valence-electron chi connectivity index (χ0n) is 10.8. The summed E-state index contributed by atoms with van der Waals surface area (Å²) in [6, 6.07) is 2.24. The van der Waals surface area contributed by atoms with Crippen LogP contribution in [0.4, 0.5) is 8.78 Å². The van der Waals surface area contributed by atoms with E-state index in [2.05, 4.69) is 10.7 Å². The average molecular weight is 259 g/mol. The maximum absolute atomic E-state index is 13.9. The first-order valence-electron chi connectivity index (χ1n) is 5.60. The van der Waals surface area contributed by atoms with Crippen LogP contribution in [0, 0.1) is 11.6 Å². The van der Waals surface area contributed by atoms with Crippen molar-refractivity contribution in [3.05, 3.63) is 29.3 Å². The SMILES string of the molecule is COc1cc(F)c(C(C)(C)CNCNN)cc1F. The molecule has 4 N–H and O–H groups in total. The van der Waals surface area contributed by atoms with Crippen molar-refractivity contribution in [1.29, 1.82) is 0 Å². The molecule has 0 fully saturated rings. The third kappa shape index (κ3) is 3.38. The third-order valence-electron chi connectivity index (χ3n) is 2.76. The Labute approximate surface area is 105 Å². The minimum Gasteiger partial charge on any atom is -0.494 e.